The van der Waals surface area contributed by atoms with Crippen molar-refractivity contribution < 1.29 is 14.3 Å². The molecule has 1 aliphatic heterocycles. The van der Waals surface area contributed by atoms with Crippen molar-refractivity contribution in [1.29, 1.82) is 0 Å². The predicted molar refractivity (Wildman–Crippen MR) is 86.5 cm³/mol. The molecule has 1 saturated heterocycles. The lowest BCUT2D eigenvalue weighted by Crippen LogP contribution is -2.61. The summed E-state index contributed by atoms with van der Waals surface area (Å²) in [5.41, 5.74) is 1.28. The van der Waals surface area contributed by atoms with E-state index in [1.54, 1.807) is 35.4 Å². The molecular formula is C16H16ClN3O3. The number of hydrogen-bond donors (Lipinski definition) is 1. The van der Waals surface area contributed by atoms with Crippen LogP contribution in [-0.4, -0.2) is 54.5 Å². The Hall–Kier alpha value is -2.18. The van der Waals surface area contributed by atoms with E-state index in [4.69, 9.17) is 16.3 Å². The quantitative estimate of drug-likeness (QED) is 0.920. The maximum absolute atomic E-state index is 12.6. The third-order valence-electron chi connectivity index (χ3n) is 3.74. The number of carbonyl (C=O) groups excluding carboxylic acids is 2. The van der Waals surface area contributed by atoms with Gasteiger partial charge in [-0.05, 0) is 18.2 Å². The summed E-state index contributed by atoms with van der Waals surface area (Å²) in [5.74, 6) is -0.245. The topological polar surface area (TPSA) is 71.5 Å². The second-order valence-electron chi connectivity index (χ2n) is 5.43. The summed E-state index contributed by atoms with van der Waals surface area (Å²) in [6, 6.07) is 6.96. The fraction of sp³-hybridized carbons (Fsp3) is 0.312. The van der Waals surface area contributed by atoms with Gasteiger partial charge < -0.3 is 15.0 Å². The fourth-order valence-corrected chi connectivity index (χ4v) is 2.78. The third kappa shape index (κ3) is 3.28. The van der Waals surface area contributed by atoms with E-state index >= 15 is 0 Å². The molecule has 7 heteroatoms. The van der Waals surface area contributed by atoms with E-state index in [-0.39, 0.29) is 24.5 Å². The summed E-state index contributed by atoms with van der Waals surface area (Å²) in [7, 11) is 1.47. The molecule has 0 unspecified atom stereocenters. The van der Waals surface area contributed by atoms with E-state index in [2.05, 4.69) is 10.3 Å². The van der Waals surface area contributed by atoms with Gasteiger partial charge in [-0.1, -0.05) is 17.7 Å². The van der Waals surface area contributed by atoms with E-state index < -0.39 is 0 Å². The first-order valence-corrected chi connectivity index (χ1v) is 7.58. The summed E-state index contributed by atoms with van der Waals surface area (Å²) in [6.45, 7) is 1.01. The monoisotopic (exact) mass is 333 g/mol. The molecule has 0 atom stereocenters. The van der Waals surface area contributed by atoms with Crippen LogP contribution in [0.25, 0.3) is 10.9 Å². The lowest BCUT2D eigenvalue weighted by molar-refractivity contribution is -0.126. The summed E-state index contributed by atoms with van der Waals surface area (Å²) >= 11 is 5.96. The molecule has 0 spiro atoms. The molecular weight excluding hydrogens is 318 g/mol. The number of carbonyl (C=O) groups is 2. The molecule has 3 rings (SSSR count). The third-order valence-corrected chi connectivity index (χ3v) is 3.98. The van der Waals surface area contributed by atoms with Crippen molar-refractivity contribution in [1.82, 2.24) is 15.2 Å². The smallest absolute Gasteiger partial charge is 0.254 e. The minimum Gasteiger partial charge on any atom is -0.375 e. The minimum atomic E-state index is -0.173. The first kappa shape index (κ1) is 15.7. The number of likely N-dealkylation sites (tertiary alicyclic amines) is 1. The highest BCUT2D eigenvalue weighted by Gasteiger charge is 2.32. The zero-order valence-corrected chi connectivity index (χ0v) is 13.3. The van der Waals surface area contributed by atoms with Crippen LogP contribution in [0.3, 0.4) is 0 Å². The Morgan fingerprint density at radius 2 is 2.17 bits per heavy atom. The zero-order chi connectivity index (χ0) is 16.4. The van der Waals surface area contributed by atoms with Crippen LogP contribution >= 0.6 is 11.6 Å². The molecule has 2 amide bonds. The number of methoxy groups -OCH3 is 1. The first-order valence-electron chi connectivity index (χ1n) is 7.20. The van der Waals surface area contributed by atoms with Gasteiger partial charge in [0.1, 0.15) is 6.61 Å². The molecule has 0 radical (unpaired) electrons. The highest BCUT2D eigenvalue weighted by Crippen LogP contribution is 2.23. The van der Waals surface area contributed by atoms with Crippen LogP contribution in [-0.2, 0) is 9.53 Å². The van der Waals surface area contributed by atoms with Crippen LogP contribution in [0.1, 0.15) is 10.4 Å². The Morgan fingerprint density at radius 1 is 1.39 bits per heavy atom. The predicted octanol–water partition coefficient (Wildman–Crippen LogP) is 1.48. The van der Waals surface area contributed by atoms with Crippen molar-refractivity contribution >= 4 is 34.3 Å². The number of nitrogens with one attached hydrogen (secondary N) is 1. The van der Waals surface area contributed by atoms with E-state index in [0.717, 1.165) is 5.39 Å². The second kappa shape index (κ2) is 6.52. The van der Waals surface area contributed by atoms with Gasteiger partial charge in [-0.2, -0.15) is 0 Å². The van der Waals surface area contributed by atoms with Crippen molar-refractivity contribution in [2.75, 3.05) is 26.8 Å². The lowest BCUT2D eigenvalue weighted by Gasteiger charge is -2.39. The molecule has 1 N–H and O–H groups in total. The highest BCUT2D eigenvalue weighted by atomic mass is 35.5. The molecule has 1 aliphatic rings. The van der Waals surface area contributed by atoms with Gasteiger partial charge in [-0.15, -0.1) is 0 Å². The molecule has 6 nitrogen and oxygen atoms in total. The number of hydrogen-bond acceptors (Lipinski definition) is 4. The Balaban J connectivity index is 1.70. The van der Waals surface area contributed by atoms with Crippen molar-refractivity contribution in [2.24, 2.45) is 0 Å². The number of amides is 2. The van der Waals surface area contributed by atoms with Gasteiger partial charge in [0.05, 0.1) is 17.1 Å². The zero-order valence-electron chi connectivity index (χ0n) is 12.6. The van der Waals surface area contributed by atoms with Crippen LogP contribution in [0.15, 0.2) is 30.5 Å². The van der Waals surface area contributed by atoms with Crippen molar-refractivity contribution in [3.63, 3.8) is 0 Å². The van der Waals surface area contributed by atoms with Gasteiger partial charge in [0.2, 0.25) is 5.91 Å². The van der Waals surface area contributed by atoms with Gasteiger partial charge >= 0.3 is 0 Å². The van der Waals surface area contributed by atoms with Crippen LogP contribution in [0.2, 0.25) is 5.02 Å². The van der Waals surface area contributed by atoms with Gasteiger partial charge in [-0.25, -0.2) is 0 Å². The maximum atomic E-state index is 12.6. The molecule has 0 bridgehead atoms. The number of benzene rings is 1. The van der Waals surface area contributed by atoms with Crippen LogP contribution < -0.4 is 5.32 Å². The Morgan fingerprint density at radius 3 is 2.91 bits per heavy atom. The van der Waals surface area contributed by atoms with Gasteiger partial charge in [0.15, 0.2) is 0 Å². The van der Waals surface area contributed by atoms with E-state index in [1.165, 1.54) is 7.11 Å². The molecule has 0 saturated carbocycles. The molecule has 0 aliphatic carbocycles. The number of rotatable bonds is 4. The SMILES string of the molecule is COCC(=O)NC1CN(C(=O)c2ccnc3cc(Cl)ccc23)C1. The molecule has 23 heavy (non-hydrogen) atoms. The fourth-order valence-electron chi connectivity index (χ4n) is 2.61. The molecule has 1 fully saturated rings. The minimum absolute atomic E-state index is 0.0239. The van der Waals surface area contributed by atoms with E-state index in [0.29, 0.717) is 29.2 Å². The standard InChI is InChI=1S/C16H16ClN3O3/c1-23-9-15(21)19-11-7-20(8-11)16(22)13-4-5-18-14-6-10(17)2-3-12(13)14/h2-6,11H,7-9H2,1H3,(H,19,21). The van der Waals surface area contributed by atoms with Crippen molar-refractivity contribution in [3.8, 4) is 0 Å². The number of nitrogens with zero attached hydrogens (tertiary/aromatic N) is 2. The Kier molecular flexibility index (Phi) is 4.45. The number of halogens is 1. The number of ether oxygens (including phenoxy) is 1. The lowest BCUT2D eigenvalue weighted by atomic mass is 10.0. The summed E-state index contributed by atoms with van der Waals surface area (Å²) in [4.78, 5) is 30.0. The van der Waals surface area contributed by atoms with Crippen LogP contribution in [0.5, 0.6) is 0 Å². The summed E-state index contributed by atoms with van der Waals surface area (Å²) < 4.78 is 4.76. The maximum Gasteiger partial charge on any atom is 0.254 e. The summed E-state index contributed by atoms with van der Waals surface area (Å²) in [6.07, 6.45) is 1.60. The van der Waals surface area contributed by atoms with Crippen LogP contribution in [0.4, 0.5) is 0 Å². The normalized spacial score (nSPS) is 14.6. The largest absolute Gasteiger partial charge is 0.375 e. The van der Waals surface area contributed by atoms with Crippen LogP contribution in [0, 0.1) is 0 Å². The average molecular weight is 334 g/mol. The molecule has 2 aromatic rings. The van der Waals surface area contributed by atoms with Gasteiger partial charge in [-0.3, -0.25) is 14.6 Å². The van der Waals surface area contributed by atoms with Gasteiger partial charge in [0.25, 0.3) is 5.91 Å². The average Bonchev–Trinajstić information content (AvgIpc) is 2.49. The molecule has 2 heterocycles. The van der Waals surface area contributed by atoms with E-state index in [1.807, 2.05) is 0 Å². The molecule has 1 aromatic carbocycles. The first-order chi connectivity index (χ1) is 11.1. The Bertz CT molecular complexity index is 759. The number of aromatic nitrogens is 1. The number of fused-ring (bicyclic) bond motifs is 1. The van der Waals surface area contributed by atoms with Gasteiger partial charge in [0, 0.05) is 36.8 Å². The van der Waals surface area contributed by atoms with Crippen molar-refractivity contribution in [2.45, 2.75) is 6.04 Å². The highest BCUT2D eigenvalue weighted by molar-refractivity contribution is 6.31. The second-order valence-corrected chi connectivity index (χ2v) is 5.86. The van der Waals surface area contributed by atoms with Crippen molar-refractivity contribution in [3.05, 3.63) is 41.0 Å². The molecule has 1 aromatic heterocycles. The number of pyridine rings is 1. The molecule has 120 valence electrons. The Labute approximate surface area is 138 Å². The van der Waals surface area contributed by atoms with E-state index in [9.17, 15) is 9.59 Å². The summed E-state index contributed by atoms with van der Waals surface area (Å²) in [5, 5.41) is 4.17.